The molecule has 9 nitrogen and oxygen atoms in total. The molecule has 0 saturated carbocycles. The highest BCUT2D eigenvalue weighted by molar-refractivity contribution is 5.93. The van der Waals surface area contributed by atoms with Crippen LogP contribution in [-0.2, 0) is 14.3 Å². The molecule has 0 bridgehead atoms. The number of amides is 2. The molecule has 0 saturated heterocycles. The lowest BCUT2D eigenvalue weighted by atomic mass is 10.2. The van der Waals surface area contributed by atoms with Gasteiger partial charge in [-0.25, -0.2) is 4.79 Å². The van der Waals surface area contributed by atoms with Crippen molar-refractivity contribution >= 4 is 17.8 Å². The van der Waals surface area contributed by atoms with Crippen molar-refractivity contribution in [3.8, 4) is 17.2 Å². The lowest BCUT2D eigenvalue weighted by Crippen LogP contribution is -2.30. The van der Waals surface area contributed by atoms with E-state index in [2.05, 4.69) is 0 Å². The molecule has 1 aromatic carbocycles. The van der Waals surface area contributed by atoms with E-state index in [1.54, 1.807) is 0 Å². The van der Waals surface area contributed by atoms with E-state index in [0.29, 0.717) is 0 Å². The zero-order valence-electron chi connectivity index (χ0n) is 13.0. The summed E-state index contributed by atoms with van der Waals surface area (Å²) < 4.78 is 20.3. The fourth-order valence-electron chi connectivity index (χ4n) is 1.57. The number of benzene rings is 1. The Hall–Kier alpha value is -2.97. The van der Waals surface area contributed by atoms with E-state index in [1.165, 1.54) is 33.3 Å². The molecule has 0 aliphatic heterocycles. The zero-order valence-corrected chi connectivity index (χ0v) is 13.0. The number of primary amides is 2. The third kappa shape index (κ3) is 4.77. The van der Waals surface area contributed by atoms with Crippen molar-refractivity contribution in [1.29, 1.82) is 0 Å². The second kappa shape index (κ2) is 7.87. The van der Waals surface area contributed by atoms with E-state index in [9.17, 15) is 14.4 Å². The van der Waals surface area contributed by atoms with E-state index in [-0.39, 0.29) is 22.8 Å². The van der Waals surface area contributed by atoms with Gasteiger partial charge in [0, 0.05) is 0 Å². The minimum absolute atomic E-state index is 0.0539. The maximum atomic E-state index is 12.0. The molecule has 0 heterocycles. The minimum atomic E-state index is -1.09. The number of esters is 1. The molecule has 0 aromatic heterocycles. The van der Waals surface area contributed by atoms with Crippen LogP contribution in [0.2, 0.25) is 0 Å². The van der Waals surface area contributed by atoms with E-state index in [0.717, 1.165) is 0 Å². The summed E-state index contributed by atoms with van der Waals surface area (Å²) in [5.41, 5.74) is 10.1. The quantitative estimate of drug-likeness (QED) is 0.619. The molecular formula is C14H18N2O7. The molecule has 0 radical (unpaired) electrons. The van der Waals surface area contributed by atoms with E-state index in [1.807, 2.05) is 0 Å². The molecular weight excluding hydrogens is 308 g/mol. The standard InChI is InChI=1S/C14H18N2O7/c1-7(13(16)18)23-14(19)8-4-9(20-2)12(10(5-8)21-3)22-6-11(15)17/h4-5,7H,6H2,1-3H3,(H2,15,17)(H2,16,18)/t7-/m1/s1. The summed E-state index contributed by atoms with van der Waals surface area (Å²) in [5.74, 6) is -1.90. The maximum absolute atomic E-state index is 12.0. The third-order valence-electron chi connectivity index (χ3n) is 2.74. The summed E-state index contributed by atoms with van der Waals surface area (Å²) in [6.07, 6.45) is -1.09. The van der Waals surface area contributed by atoms with Crippen molar-refractivity contribution < 1.29 is 33.3 Å². The Morgan fingerprint density at radius 2 is 1.61 bits per heavy atom. The van der Waals surface area contributed by atoms with Crippen LogP contribution in [0.25, 0.3) is 0 Å². The van der Waals surface area contributed by atoms with Gasteiger partial charge in [-0.3, -0.25) is 9.59 Å². The van der Waals surface area contributed by atoms with Gasteiger partial charge in [-0.2, -0.15) is 0 Å². The molecule has 1 atom stereocenters. The van der Waals surface area contributed by atoms with E-state index in [4.69, 9.17) is 30.4 Å². The van der Waals surface area contributed by atoms with Crippen LogP contribution < -0.4 is 25.7 Å². The fraction of sp³-hybridized carbons (Fsp3) is 0.357. The first-order valence-corrected chi connectivity index (χ1v) is 6.47. The molecule has 0 fully saturated rings. The first kappa shape index (κ1) is 18.1. The normalized spacial score (nSPS) is 11.3. The highest BCUT2D eigenvalue weighted by atomic mass is 16.6. The van der Waals surface area contributed by atoms with Crippen molar-refractivity contribution in [1.82, 2.24) is 0 Å². The Kier molecular flexibility index (Phi) is 6.19. The number of carbonyl (C=O) groups is 3. The highest BCUT2D eigenvalue weighted by Gasteiger charge is 2.21. The van der Waals surface area contributed by atoms with Crippen LogP contribution >= 0.6 is 0 Å². The molecule has 2 amide bonds. The number of ether oxygens (including phenoxy) is 4. The number of hydrogen-bond acceptors (Lipinski definition) is 7. The predicted molar refractivity (Wildman–Crippen MR) is 78.3 cm³/mol. The Balaban J connectivity index is 3.14. The van der Waals surface area contributed by atoms with Crippen LogP contribution in [0.15, 0.2) is 12.1 Å². The molecule has 23 heavy (non-hydrogen) atoms. The topological polar surface area (TPSA) is 140 Å². The molecule has 9 heteroatoms. The maximum Gasteiger partial charge on any atom is 0.339 e. The lowest BCUT2D eigenvalue weighted by Gasteiger charge is -2.16. The summed E-state index contributed by atoms with van der Waals surface area (Å²) in [7, 11) is 2.68. The fourth-order valence-corrected chi connectivity index (χ4v) is 1.57. The number of hydrogen-bond donors (Lipinski definition) is 2. The van der Waals surface area contributed by atoms with Crippen LogP contribution in [0.3, 0.4) is 0 Å². The average molecular weight is 326 g/mol. The molecule has 126 valence electrons. The van der Waals surface area contributed by atoms with Crippen LogP contribution in [0.5, 0.6) is 17.2 Å². The van der Waals surface area contributed by atoms with Crippen molar-refractivity contribution in [2.75, 3.05) is 20.8 Å². The lowest BCUT2D eigenvalue weighted by molar-refractivity contribution is -0.125. The monoisotopic (exact) mass is 326 g/mol. The van der Waals surface area contributed by atoms with E-state index >= 15 is 0 Å². The summed E-state index contributed by atoms with van der Waals surface area (Å²) >= 11 is 0. The minimum Gasteiger partial charge on any atom is -0.493 e. The van der Waals surface area contributed by atoms with Gasteiger partial charge in [-0.1, -0.05) is 0 Å². The van der Waals surface area contributed by atoms with Gasteiger partial charge in [-0.15, -0.1) is 0 Å². The largest absolute Gasteiger partial charge is 0.493 e. The van der Waals surface area contributed by atoms with Gasteiger partial charge >= 0.3 is 5.97 Å². The Bertz CT molecular complexity index is 590. The van der Waals surface area contributed by atoms with Crippen molar-refractivity contribution in [2.24, 2.45) is 11.5 Å². The van der Waals surface area contributed by atoms with Gasteiger partial charge < -0.3 is 30.4 Å². The van der Waals surface area contributed by atoms with Gasteiger partial charge in [0.05, 0.1) is 19.8 Å². The van der Waals surface area contributed by atoms with Gasteiger partial charge in [-0.05, 0) is 19.1 Å². The Morgan fingerprint density at radius 1 is 1.09 bits per heavy atom. The average Bonchev–Trinajstić information content (AvgIpc) is 2.51. The molecule has 1 rings (SSSR count). The third-order valence-corrected chi connectivity index (χ3v) is 2.74. The van der Waals surface area contributed by atoms with Crippen LogP contribution in [0, 0.1) is 0 Å². The van der Waals surface area contributed by atoms with Crippen LogP contribution in [-0.4, -0.2) is 44.7 Å². The first-order valence-electron chi connectivity index (χ1n) is 6.47. The zero-order chi connectivity index (χ0) is 17.6. The van der Waals surface area contributed by atoms with Crippen molar-refractivity contribution in [3.63, 3.8) is 0 Å². The van der Waals surface area contributed by atoms with Crippen molar-refractivity contribution in [3.05, 3.63) is 17.7 Å². The van der Waals surface area contributed by atoms with Crippen LogP contribution in [0.1, 0.15) is 17.3 Å². The van der Waals surface area contributed by atoms with Gasteiger partial charge in [0.25, 0.3) is 11.8 Å². The summed E-state index contributed by atoms with van der Waals surface area (Å²) in [4.78, 5) is 33.8. The van der Waals surface area contributed by atoms with Gasteiger partial charge in [0.1, 0.15) is 0 Å². The summed E-state index contributed by atoms with van der Waals surface area (Å²) in [6, 6.07) is 2.63. The number of carbonyl (C=O) groups excluding carboxylic acids is 3. The molecule has 1 aromatic rings. The van der Waals surface area contributed by atoms with Gasteiger partial charge in [0.2, 0.25) is 5.75 Å². The highest BCUT2D eigenvalue weighted by Crippen LogP contribution is 2.38. The molecule has 4 N–H and O–H groups in total. The smallest absolute Gasteiger partial charge is 0.339 e. The summed E-state index contributed by atoms with van der Waals surface area (Å²) in [5, 5.41) is 0. The second-order valence-corrected chi connectivity index (χ2v) is 4.41. The molecule has 0 aliphatic carbocycles. The van der Waals surface area contributed by atoms with Gasteiger partial charge in [0.15, 0.2) is 24.2 Å². The Morgan fingerprint density at radius 3 is 2.00 bits per heavy atom. The second-order valence-electron chi connectivity index (χ2n) is 4.41. The number of methoxy groups -OCH3 is 2. The molecule has 0 spiro atoms. The first-order chi connectivity index (χ1) is 10.8. The number of rotatable bonds is 8. The number of nitrogens with two attached hydrogens (primary N) is 2. The van der Waals surface area contributed by atoms with Crippen LogP contribution in [0.4, 0.5) is 0 Å². The van der Waals surface area contributed by atoms with Crippen molar-refractivity contribution in [2.45, 2.75) is 13.0 Å². The molecule has 0 unspecified atom stereocenters. The SMILES string of the molecule is COc1cc(C(=O)O[C@H](C)C(N)=O)cc(OC)c1OCC(N)=O. The predicted octanol–water partition coefficient (Wildman–Crippen LogP) is -0.401. The Labute approximate surface area is 132 Å². The van der Waals surface area contributed by atoms with E-state index < -0.39 is 30.5 Å². The summed E-state index contributed by atoms with van der Waals surface area (Å²) in [6.45, 7) is 0.953. The molecule has 0 aliphatic rings.